The van der Waals surface area contributed by atoms with E-state index in [1.165, 1.54) is 11.3 Å². The Morgan fingerprint density at radius 1 is 1.41 bits per heavy atom. The molecule has 0 aliphatic carbocycles. The van der Waals surface area contributed by atoms with E-state index < -0.39 is 0 Å². The number of nitrogens with one attached hydrogen (secondary N) is 1. The van der Waals surface area contributed by atoms with E-state index in [1.807, 2.05) is 11.4 Å². The molecule has 0 saturated carbocycles. The van der Waals surface area contributed by atoms with E-state index in [1.54, 1.807) is 24.4 Å². The molecule has 2 heterocycles. The fourth-order valence-electron chi connectivity index (χ4n) is 1.18. The summed E-state index contributed by atoms with van der Waals surface area (Å²) in [6.07, 6.45) is 1.60. The van der Waals surface area contributed by atoms with Crippen molar-refractivity contribution in [1.29, 1.82) is 0 Å². The van der Waals surface area contributed by atoms with Crippen LogP contribution in [0.25, 0.3) is 0 Å². The van der Waals surface area contributed by atoms with Gasteiger partial charge in [-0.15, -0.1) is 16.4 Å². The number of thiophene rings is 1. The lowest BCUT2D eigenvalue weighted by molar-refractivity contribution is 0.0526. The number of carbonyl (C=O) groups is 1. The Morgan fingerprint density at radius 2 is 2.35 bits per heavy atom. The fourth-order valence-corrected chi connectivity index (χ4v) is 1.80. The van der Waals surface area contributed by atoms with Crippen LogP contribution in [0, 0.1) is 0 Å². The number of nitrogens with zero attached hydrogens (tertiary/aromatic N) is 2. The first-order valence-electron chi connectivity index (χ1n) is 5.08. The van der Waals surface area contributed by atoms with Crippen LogP contribution in [0.1, 0.15) is 9.67 Å². The average molecular weight is 249 g/mol. The molecule has 0 aromatic carbocycles. The molecule has 88 valence electrons. The Balaban J connectivity index is 1.69. The predicted octanol–water partition coefficient (Wildman–Crippen LogP) is 1.81. The molecule has 0 atom stereocenters. The largest absolute Gasteiger partial charge is 0.460 e. The van der Waals surface area contributed by atoms with E-state index in [0.717, 1.165) is 0 Å². The summed E-state index contributed by atoms with van der Waals surface area (Å²) in [4.78, 5) is 12.1. The summed E-state index contributed by atoms with van der Waals surface area (Å²) in [7, 11) is 0. The van der Waals surface area contributed by atoms with Crippen LogP contribution in [0.5, 0.6) is 0 Å². The topological polar surface area (TPSA) is 64.1 Å². The van der Waals surface area contributed by atoms with E-state index in [-0.39, 0.29) is 5.97 Å². The van der Waals surface area contributed by atoms with Crippen LogP contribution >= 0.6 is 11.3 Å². The van der Waals surface area contributed by atoms with Gasteiger partial charge in [-0.3, -0.25) is 0 Å². The third-order valence-corrected chi connectivity index (χ3v) is 2.79. The third-order valence-electron chi connectivity index (χ3n) is 1.94. The zero-order valence-corrected chi connectivity index (χ0v) is 9.81. The number of hydrogen-bond acceptors (Lipinski definition) is 6. The summed E-state index contributed by atoms with van der Waals surface area (Å²) in [5.74, 6) is 0.376. The van der Waals surface area contributed by atoms with Gasteiger partial charge in [-0.25, -0.2) is 4.79 Å². The van der Waals surface area contributed by atoms with Gasteiger partial charge in [0.15, 0.2) is 0 Å². The quantitative estimate of drug-likeness (QED) is 0.646. The molecular formula is C11H11N3O2S. The van der Waals surface area contributed by atoms with Crippen molar-refractivity contribution < 1.29 is 9.53 Å². The van der Waals surface area contributed by atoms with Crippen LogP contribution in [0.2, 0.25) is 0 Å². The number of rotatable bonds is 5. The highest BCUT2D eigenvalue weighted by molar-refractivity contribution is 7.11. The monoisotopic (exact) mass is 249 g/mol. The minimum atomic E-state index is -0.291. The van der Waals surface area contributed by atoms with E-state index in [4.69, 9.17) is 4.74 Å². The molecule has 0 amide bonds. The Labute approximate surface area is 102 Å². The van der Waals surface area contributed by atoms with E-state index >= 15 is 0 Å². The van der Waals surface area contributed by atoms with Crippen molar-refractivity contribution in [3.05, 3.63) is 40.7 Å². The highest BCUT2D eigenvalue weighted by Gasteiger charge is 2.06. The van der Waals surface area contributed by atoms with Gasteiger partial charge in [0.05, 0.1) is 6.54 Å². The Bertz CT molecular complexity index is 459. The van der Waals surface area contributed by atoms with Crippen LogP contribution < -0.4 is 5.32 Å². The molecule has 1 N–H and O–H groups in total. The SMILES string of the molecule is O=C(OCCNc1cccnn1)c1cccs1. The number of anilines is 1. The second-order valence-corrected chi connectivity index (χ2v) is 4.10. The summed E-state index contributed by atoms with van der Waals surface area (Å²) < 4.78 is 5.07. The van der Waals surface area contributed by atoms with Crippen molar-refractivity contribution >= 4 is 23.1 Å². The van der Waals surface area contributed by atoms with Gasteiger partial charge in [0, 0.05) is 6.20 Å². The highest BCUT2D eigenvalue weighted by atomic mass is 32.1. The first-order valence-corrected chi connectivity index (χ1v) is 5.96. The summed E-state index contributed by atoms with van der Waals surface area (Å²) in [5.41, 5.74) is 0. The van der Waals surface area contributed by atoms with Gasteiger partial charge in [0.1, 0.15) is 17.3 Å². The van der Waals surface area contributed by atoms with Crippen molar-refractivity contribution in [3.63, 3.8) is 0 Å². The molecule has 0 fully saturated rings. The van der Waals surface area contributed by atoms with E-state index in [2.05, 4.69) is 15.5 Å². The fraction of sp³-hybridized carbons (Fsp3) is 0.182. The predicted molar refractivity (Wildman–Crippen MR) is 65.1 cm³/mol. The maximum atomic E-state index is 11.4. The molecule has 0 aliphatic heterocycles. The lowest BCUT2D eigenvalue weighted by atomic mass is 10.5. The van der Waals surface area contributed by atoms with Gasteiger partial charge >= 0.3 is 5.97 Å². The number of aromatic nitrogens is 2. The lowest BCUT2D eigenvalue weighted by Gasteiger charge is -2.05. The van der Waals surface area contributed by atoms with Crippen molar-refractivity contribution in [2.24, 2.45) is 0 Å². The van der Waals surface area contributed by atoms with Crippen molar-refractivity contribution in [2.75, 3.05) is 18.5 Å². The van der Waals surface area contributed by atoms with Gasteiger partial charge < -0.3 is 10.1 Å². The van der Waals surface area contributed by atoms with Crippen molar-refractivity contribution in [3.8, 4) is 0 Å². The minimum Gasteiger partial charge on any atom is -0.460 e. The van der Waals surface area contributed by atoms with Crippen LogP contribution in [-0.2, 0) is 4.74 Å². The summed E-state index contributed by atoms with van der Waals surface area (Å²) >= 11 is 1.37. The molecule has 0 saturated heterocycles. The molecular weight excluding hydrogens is 238 g/mol. The lowest BCUT2D eigenvalue weighted by Crippen LogP contribution is -2.13. The number of esters is 1. The summed E-state index contributed by atoms with van der Waals surface area (Å²) in [6, 6.07) is 7.14. The molecule has 0 spiro atoms. The van der Waals surface area contributed by atoms with E-state index in [0.29, 0.717) is 23.8 Å². The van der Waals surface area contributed by atoms with E-state index in [9.17, 15) is 4.79 Å². The van der Waals surface area contributed by atoms with Gasteiger partial charge in [-0.1, -0.05) is 6.07 Å². The second kappa shape index (κ2) is 5.95. The van der Waals surface area contributed by atoms with Crippen LogP contribution in [0.4, 0.5) is 5.82 Å². The number of ether oxygens (including phenoxy) is 1. The Kier molecular flexibility index (Phi) is 4.04. The number of hydrogen-bond donors (Lipinski definition) is 1. The maximum absolute atomic E-state index is 11.4. The van der Waals surface area contributed by atoms with Gasteiger partial charge in [0.25, 0.3) is 0 Å². The minimum absolute atomic E-state index is 0.291. The molecule has 0 radical (unpaired) electrons. The van der Waals surface area contributed by atoms with Crippen LogP contribution in [0.3, 0.4) is 0 Å². The molecule has 2 rings (SSSR count). The molecule has 2 aromatic heterocycles. The molecule has 5 nitrogen and oxygen atoms in total. The molecule has 0 aliphatic rings. The molecule has 17 heavy (non-hydrogen) atoms. The second-order valence-electron chi connectivity index (χ2n) is 3.15. The highest BCUT2D eigenvalue weighted by Crippen LogP contribution is 2.09. The zero-order valence-electron chi connectivity index (χ0n) is 9.00. The van der Waals surface area contributed by atoms with Gasteiger partial charge in [0.2, 0.25) is 0 Å². The van der Waals surface area contributed by atoms with Crippen molar-refractivity contribution in [2.45, 2.75) is 0 Å². The molecule has 6 heteroatoms. The summed E-state index contributed by atoms with van der Waals surface area (Å²) in [5, 5.41) is 12.4. The average Bonchev–Trinajstić information content (AvgIpc) is 2.89. The van der Waals surface area contributed by atoms with Gasteiger partial charge in [-0.2, -0.15) is 5.10 Å². The van der Waals surface area contributed by atoms with Crippen molar-refractivity contribution in [1.82, 2.24) is 10.2 Å². The third kappa shape index (κ3) is 3.53. The zero-order chi connectivity index (χ0) is 11.9. The maximum Gasteiger partial charge on any atom is 0.348 e. The normalized spacial score (nSPS) is 9.88. The first-order chi connectivity index (χ1) is 8.36. The van der Waals surface area contributed by atoms with Crippen LogP contribution in [-0.4, -0.2) is 29.3 Å². The smallest absolute Gasteiger partial charge is 0.348 e. The number of carbonyl (C=O) groups excluding carboxylic acids is 1. The Morgan fingerprint density at radius 3 is 3.06 bits per heavy atom. The summed E-state index contributed by atoms with van der Waals surface area (Å²) in [6.45, 7) is 0.809. The van der Waals surface area contributed by atoms with Crippen LogP contribution in [0.15, 0.2) is 35.8 Å². The molecule has 0 bridgehead atoms. The Hall–Kier alpha value is -1.95. The van der Waals surface area contributed by atoms with Gasteiger partial charge in [-0.05, 0) is 23.6 Å². The first kappa shape index (κ1) is 11.5. The standard InChI is InChI=1S/C11H11N3O2S/c15-11(9-3-2-8-17-9)16-7-6-12-10-4-1-5-13-14-10/h1-5,8H,6-7H2,(H,12,14). The molecule has 2 aromatic rings. The molecule has 0 unspecified atom stereocenters.